The van der Waals surface area contributed by atoms with Crippen LogP contribution < -0.4 is 14.8 Å². The van der Waals surface area contributed by atoms with Gasteiger partial charge in [-0.05, 0) is 55.8 Å². The van der Waals surface area contributed by atoms with Crippen LogP contribution in [0.5, 0.6) is 11.5 Å². The molecular formula is C17H25NO2. The number of ether oxygens (including phenoxy) is 2. The predicted octanol–water partition coefficient (Wildman–Crippen LogP) is 3.17. The Morgan fingerprint density at radius 3 is 2.80 bits per heavy atom. The van der Waals surface area contributed by atoms with Gasteiger partial charge in [-0.25, -0.2) is 0 Å². The molecule has 0 spiro atoms. The zero-order valence-corrected chi connectivity index (χ0v) is 12.4. The topological polar surface area (TPSA) is 30.5 Å². The molecule has 0 aromatic heterocycles. The van der Waals surface area contributed by atoms with E-state index in [1.54, 1.807) is 0 Å². The molecule has 1 aliphatic carbocycles. The van der Waals surface area contributed by atoms with Crippen LogP contribution in [-0.2, 0) is 6.42 Å². The van der Waals surface area contributed by atoms with Crippen molar-refractivity contribution in [3.63, 3.8) is 0 Å². The van der Waals surface area contributed by atoms with Crippen LogP contribution in [-0.4, -0.2) is 25.8 Å². The summed E-state index contributed by atoms with van der Waals surface area (Å²) in [6.45, 7) is 4.69. The molecule has 20 heavy (non-hydrogen) atoms. The van der Waals surface area contributed by atoms with E-state index < -0.39 is 0 Å². The minimum atomic E-state index is 0.661. The van der Waals surface area contributed by atoms with E-state index in [9.17, 15) is 0 Å². The Hall–Kier alpha value is -1.22. The maximum Gasteiger partial charge on any atom is 0.161 e. The van der Waals surface area contributed by atoms with Gasteiger partial charge >= 0.3 is 0 Å². The van der Waals surface area contributed by atoms with Crippen LogP contribution in [0.25, 0.3) is 0 Å². The normalized spacial score (nSPS) is 24.9. The van der Waals surface area contributed by atoms with Crippen LogP contribution >= 0.6 is 0 Å². The van der Waals surface area contributed by atoms with Gasteiger partial charge in [-0.2, -0.15) is 0 Å². The van der Waals surface area contributed by atoms with Crippen LogP contribution in [0.2, 0.25) is 0 Å². The van der Waals surface area contributed by atoms with Crippen LogP contribution in [0.3, 0.4) is 0 Å². The number of nitrogens with one attached hydrogen (secondary N) is 1. The monoisotopic (exact) mass is 275 g/mol. The average molecular weight is 275 g/mol. The molecule has 110 valence electrons. The van der Waals surface area contributed by atoms with Gasteiger partial charge in [0, 0.05) is 6.04 Å². The van der Waals surface area contributed by atoms with Crippen LogP contribution in [0.4, 0.5) is 0 Å². The molecule has 0 bridgehead atoms. The van der Waals surface area contributed by atoms with Gasteiger partial charge in [-0.3, -0.25) is 0 Å². The minimum Gasteiger partial charge on any atom is -0.486 e. The second-order valence-corrected chi connectivity index (χ2v) is 5.97. The second kappa shape index (κ2) is 6.49. The molecule has 1 aromatic carbocycles. The molecule has 0 amide bonds. The van der Waals surface area contributed by atoms with E-state index in [4.69, 9.17) is 9.47 Å². The standard InChI is InChI=1S/C17H25NO2/c1-2-13-3-5-15(11-13)18-8-7-14-4-6-16-17(12-14)20-10-9-19-16/h4,6,12-13,15,18H,2-3,5,7-11H2,1H3. The molecule has 1 saturated carbocycles. The van der Waals surface area contributed by atoms with E-state index in [0.29, 0.717) is 13.2 Å². The van der Waals surface area contributed by atoms with Gasteiger partial charge in [0.15, 0.2) is 11.5 Å². The van der Waals surface area contributed by atoms with Crippen molar-refractivity contribution in [2.45, 2.75) is 45.1 Å². The van der Waals surface area contributed by atoms with E-state index in [0.717, 1.165) is 36.4 Å². The lowest BCUT2D eigenvalue weighted by Gasteiger charge is -2.19. The van der Waals surface area contributed by atoms with Crippen LogP contribution in [0.1, 0.15) is 38.2 Å². The zero-order valence-electron chi connectivity index (χ0n) is 12.4. The summed E-state index contributed by atoms with van der Waals surface area (Å²) in [7, 11) is 0. The lowest BCUT2D eigenvalue weighted by molar-refractivity contribution is 0.171. The number of rotatable bonds is 5. The van der Waals surface area contributed by atoms with Gasteiger partial charge in [0.05, 0.1) is 0 Å². The molecule has 1 fully saturated rings. The molecule has 2 atom stereocenters. The van der Waals surface area contributed by atoms with Gasteiger partial charge in [0.1, 0.15) is 13.2 Å². The van der Waals surface area contributed by atoms with Crippen molar-refractivity contribution in [1.29, 1.82) is 0 Å². The molecule has 3 nitrogen and oxygen atoms in total. The fourth-order valence-electron chi connectivity index (χ4n) is 3.30. The van der Waals surface area contributed by atoms with E-state index >= 15 is 0 Å². The summed E-state index contributed by atoms with van der Waals surface area (Å²) >= 11 is 0. The van der Waals surface area contributed by atoms with Gasteiger partial charge in [0.25, 0.3) is 0 Å². The van der Waals surface area contributed by atoms with Gasteiger partial charge in [-0.1, -0.05) is 19.4 Å². The summed E-state index contributed by atoms with van der Waals surface area (Å²) in [4.78, 5) is 0. The fraction of sp³-hybridized carbons (Fsp3) is 0.647. The van der Waals surface area contributed by atoms with E-state index in [1.807, 2.05) is 6.07 Å². The summed E-state index contributed by atoms with van der Waals surface area (Å²) in [5, 5.41) is 3.70. The molecule has 3 rings (SSSR count). The quantitative estimate of drug-likeness (QED) is 0.895. The van der Waals surface area contributed by atoms with Gasteiger partial charge < -0.3 is 14.8 Å². The van der Waals surface area contributed by atoms with Crippen molar-refractivity contribution < 1.29 is 9.47 Å². The lowest BCUT2D eigenvalue weighted by Crippen LogP contribution is -2.28. The Morgan fingerprint density at radius 2 is 2.00 bits per heavy atom. The van der Waals surface area contributed by atoms with Gasteiger partial charge in [0.2, 0.25) is 0 Å². The number of benzene rings is 1. The van der Waals surface area contributed by atoms with Crippen molar-refractivity contribution in [3.8, 4) is 11.5 Å². The Balaban J connectivity index is 1.47. The highest BCUT2D eigenvalue weighted by Crippen LogP contribution is 2.31. The predicted molar refractivity (Wildman–Crippen MR) is 80.6 cm³/mol. The summed E-state index contributed by atoms with van der Waals surface area (Å²) in [6.07, 6.45) is 6.50. The molecule has 1 N–H and O–H groups in total. The van der Waals surface area contributed by atoms with E-state index in [2.05, 4.69) is 24.4 Å². The van der Waals surface area contributed by atoms with Crippen LogP contribution in [0, 0.1) is 5.92 Å². The van der Waals surface area contributed by atoms with Crippen LogP contribution in [0.15, 0.2) is 18.2 Å². The first kappa shape index (κ1) is 13.7. The highest BCUT2D eigenvalue weighted by atomic mass is 16.6. The average Bonchev–Trinajstić information content (AvgIpc) is 2.95. The van der Waals surface area contributed by atoms with Crippen molar-refractivity contribution in [2.75, 3.05) is 19.8 Å². The molecule has 2 unspecified atom stereocenters. The third kappa shape index (κ3) is 3.26. The molecule has 1 aliphatic heterocycles. The van der Waals surface area contributed by atoms with E-state index in [1.165, 1.54) is 31.2 Å². The Bertz CT molecular complexity index is 447. The fourth-order valence-corrected chi connectivity index (χ4v) is 3.30. The second-order valence-electron chi connectivity index (χ2n) is 5.97. The SMILES string of the molecule is CCC1CCC(NCCc2ccc3c(c2)OCCO3)C1. The van der Waals surface area contributed by atoms with Crippen molar-refractivity contribution >= 4 is 0 Å². The highest BCUT2D eigenvalue weighted by Gasteiger charge is 2.22. The largest absolute Gasteiger partial charge is 0.486 e. The number of hydrogen-bond acceptors (Lipinski definition) is 3. The third-order valence-electron chi connectivity index (χ3n) is 4.57. The van der Waals surface area contributed by atoms with Crippen molar-refractivity contribution in [2.24, 2.45) is 5.92 Å². The molecule has 2 aliphatic rings. The highest BCUT2D eigenvalue weighted by molar-refractivity contribution is 5.43. The molecule has 0 radical (unpaired) electrons. The summed E-state index contributed by atoms with van der Waals surface area (Å²) < 4.78 is 11.2. The maximum absolute atomic E-state index is 5.63. The van der Waals surface area contributed by atoms with Crippen molar-refractivity contribution in [1.82, 2.24) is 5.32 Å². The first-order valence-electron chi connectivity index (χ1n) is 7.97. The lowest BCUT2D eigenvalue weighted by atomic mass is 10.1. The molecule has 1 heterocycles. The molecule has 3 heteroatoms. The third-order valence-corrected chi connectivity index (χ3v) is 4.57. The van der Waals surface area contributed by atoms with E-state index in [-0.39, 0.29) is 0 Å². The summed E-state index contributed by atoms with van der Waals surface area (Å²) in [6, 6.07) is 7.04. The Labute approximate surface area is 121 Å². The maximum atomic E-state index is 5.63. The minimum absolute atomic E-state index is 0.661. The molecular weight excluding hydrogens is 250 g/mol. The number of hydrogen-bond donors (Lipinski definition) is 1. The molecule has 1 aromatic rings. The number of fused-ring (bicyclic) bond motifs is 1. The first-order valence-corrected chi connectivity index (χ1v) is 7.97. The Kier molecular flexibility index (Phi) is 4.46. The zero-order chi connectivity index (χ0) is 13.8. The van der Waals surface area contributed by atoms with Crippen molar-refractivity contribution in [3.05, 3.63) is 23.8 Å². The summed E-state index contributed by atoms with van der Waals surface area (Å²) in [5.41, 5.74) is 1.33. The molecule has 0 saturated heterocycles. The first-order chi connectivity index (χ1) is 9.85. The Morgan fingerprint density at radius 1 is 1.15 bits per heavy atom. The smallest absolute Gasteiger partial charge is 0.161 e. The summed E-state index contributed by atoms with van der Waals surface area (Å²) in [5.74, 6) is 2.73. The van der Waals surface area contributed by atoms with Gasteiger partial charge in [-0.15, -0.1) is 0 Å².